The highest BCUT2D eigenvalue weighted by atomic mass is 32.2. The normalized spacial score (nSPS) is 16.1. The van der Waals surface area contributed by atoms with Gasteiger partial charge in [0.25, 0.3) is 0 Å². The summed E-state index contributed by atoms with van der Waals surface area (Å²) in [5.41, 5.74) is 9.02. The summed E-state index contributed by atoms with van der Waals surface area (Å²) in [4.78, 5) is 3.65. The third-order valence-electron chi connectivity index (χ3n) is 8.77. The molecule has 0 saturated heterocycles. The summed E-state index contributed by atoms with van der Waals surface area (Å²) in [6.45, 7) is 1.70. The van der Waals surface area contributed by atoms with Crippen molar-refractivity contribution in [3.8, 4) is 0 Å². The molecule has 1 aliphatic heterocycles. The summed E-state index contributed by atoms with van der Waals surface area (Å²) in [5, 5.41) is 1.25. The molecule has 5 aromatic rings. The fraction of sp³-hybridized carbons (Fsp3) is 0.195. The monoisotopic (exact) mass is 607 g/mol. The molecule has 1 aliphatic carbocycles. The Morgan fingerprint density at radius 3 is 2.36 bits per heavy atom. The van der Waals surface area contributed by atoms with Gasteiger partial charge in [0.2, 0.25) is 5.52 Å². The summed E-state index contributed by atoms with van der Waals surface area (Å²) >= 11 is 1.55. The minimum Gasteiger partial charge on any atom is -0.340 e. The smallest absolute Gasteiger partial charge is 0.213 e. The predicted molar refractivity (Wildman–Crippen MR) is 188 cm³/mol. The zero-order valence-corrected chi connectivity index (χ0v) is 26.4. The molecule has 1 aromatic heterocycles. The van der Waals surface area contributed by atoms with Crippen LogP contribution in [0.1, 0.15) is 47.9 Å². The number of pyridine rings is 1. The van der Waals surface area contributed by atoms with Gasteiger partial charge in [-0.1, -0.05) is 116 Å². The molecule has 3 nitrogen and oxygen atoms in total. The van der Waals surface area contributed by atoms with E-state index < -0.39 is 0 Å². The molecule has 1 saturated carbocycles. The largest absolute Gasteiger partial charge is 0.340 e. The minimum absolute atomic E-state index is 0.390. The Kier molecular flexibility index (Phi) is 9.23. The van der Waals surface area contributed by atoms with Crippen LogP contribution in [0, 0.1) is 0 Å². The van der Waals surface area contributed by atoms with E-state index in [0.29, 0.717) is 6.10 Å². The maximum absolute atomic E-state index is 6.18. The highest BCUT2D eigenvalue weighted by Gasteiger charge is 2.25. The van der Waals surface area contributed by atoms with Crippen molar-refractivity contribution >= 4 is 34.7 Å². The lowest BCUT2D eigenvalue weighted by Gasteiger charge is -2.22. The lowest BCUT2D eigenvalue weighted by Crippen LogP contribution is -2.34. The average molecular weight is 608 g/mol. The maximum Gasteiger partial charge on any atom is 0.213 e. The molecule has 2 aliphatic rings. The van der Waals surface area contributed by atoms with Gasteiger partial charge in [-0.2, -0.15) is 4.57 Å². The van der Waals surface area contributed by atoms with Crippen LogP contribution in [-0.4, -0.2) is 6.10 Å². The molecule has 0 spiro atoms. The van der Waals surface area contributed by atoms with Crippen LogP contribution in [0.4, 0.5) is 5.69 Å². The Bertz CT molecular complexity index is 1840. The van der Waals surface area contributed by atoms with Gasteiger partial charge in [0, 0.05) is 59.0 Å². The molecule has 0 amide bonds. The number of benzene rings is 4. The zero-order chi connectivity index (χ0) is 30.3. The van der Waals surface area contributed by atoms with E-state index in [0.717, 1.165) is 19.5 Å². The average Bonchev–Trinajstić information content (AvgIpc) is 3.73. The van der Waals surface area contributed by atoms with Crippen molar-refractivity contribution < 1.29 is 8.75 Å². The molecular weight excluding hydrogens is 569 g/mol. The van der Waals surface area contributed by atoms with Crippen molar-refractivity contribution in [3.63, 3.8) is 0 Å². The van der Waals surface area contributed by atoms with Crippen LogP contribution in [-0.2, 0) is 23.7 Å². The van der Waals surface area contributed by atoms with E-state index >= 15 is 0 Å². The van der Waals surface area contributed by atoms with Crippen LogP contribution < -0.4 is 9.47 Å². The number of hydrogen-bond donors (Lipinski definition) is 0. The Balaban J connectivity index is 1.09. The van der Waals surface area contributed by atoms with Gasteiger partial charge in [0.05, 0.1) is 11.5 Å². The topological polar surface area (TPSA) is 16.4 Å². The molecule has 0 atom stereocenters. The molecule has 224 valence electrons. The molecule has 2 heterocycles. The highest BCUT2D eigenvalue weighted by molar-refractivity contribution is 7.94. The molecule has 0 N–H and O–H groups in total. The quantitative estimate of drug-likeness (QED) is 0.0893. The first-order chi connectivity index (χ1) is 22.3. The third kappa shape index (κ3) is 7.14. The predicted octanol–water partition coefficient (Wildman–Crippen LogP) is 9.86. The number of anilines is 1. The number of nitrogens with zero attached hydrogens (tertiary/aromatic N) is 2. The van der Waals surface area contributed by atoms with Gasteiger partial charge < -0.3 is 9.08 Å². The standard InChI is InChI=1S/C41H39N2OS/c1-4-14-32(15-5-1)30-42-27-26-34(39-22-12-13-23-40(39)42)18-8-3-9-19-36-28-35-24-25-38(45-44-37-20-10-11-21-37)29-41(35)43(36)31-33-16-6-2-7-17-33/h1-9,12-19,22-27,29,37H,10-11,20-21,28,30-31H2/q+1. The lowest BCUT2D eigenvalue weighted by molar-refractivity contribution is -0.662. The number of para-hydroxylation sites is 1. The van der Waals surface area contributed by atoms with Gasteiger partial charge in [-0.25, -0.2) is 0 Å². The van der Waals surface area contributed by atoms with Crippen LogP contribution in [0.25, 0.3) is 17.0 Å². The molecule has 4 aromatic carbocycles. The van der Waals surface area contributed by atoms with E-state index in [1.165, 1.54) is 75.1 Å². The molecule has 0 radical (unpaired) electrons. The second kappa shape index (κ2) is 14.2. The van der Waals surface area contributed by atoms with E-state index in [9.17, 15) is 0 Å². The van der Waals surface area contributed by atoms with E-state index in [2.05, 4.69) is 155 Å². The Morgan fingerprint density at radius 1 is 0.778 bits per heavy atom. The summed E-state index contributed by atoms with van der Waals surface area (Å²) in [7, 11) is 0. The molecule has 45 heavy (non-hydrogen) atoms. The van der Waals surface area contributed by atoms with Crippen molar-refractivity contribution in [2.24, 2.45) is 0 Å². The number of allylic oxidation sites excluding steroid dienone is 5. The molecule has 0 unspecified atom stereocenters. The van der Waals surface area contributed by atoms with Gasteiger partial charge in [0.1, 0.15) is 0 Å². The molecule has 4 heteroatoms. The van der Waals surface area contributed by atoms with Crippen molar-refractivity contribution in [1.82, 2.24) is 0 Å². The fourth-order valence-electron chi connectivity index (χ4n) is 6.41. The van der Waals surface area contributed by atoms with Crippen molar-refractivity contribution in [2.45, 2.75) is 56.2 Å². The van der Waals surface area contributed by atoms with Crippen molar-refractivity contribution in [2.75, 3.05) is 4.90 Å². The van der Waals surface area contributed by atoms with Crippen LogP contribution in [0.5, 0.6) is 0 Å². The molecular formula is C41H39N2OS+. The summed E-state index contributed by atoms with van der Waals surface area (Å²) in [6.07, 6.45) is 19.4. The fourth-order valence-corrected chi connectivity index (χ4v) is 7.14. The van der Waals surface area contributed by atoms with E-state index in [-0.39, 0.29) is 0 Å². The van der Waals surface area contributed by atoms with E-state index in [4.69, 9.17) is 4.18 Å². The first-order valence-electron chi connectivity index (χ1n) is 16.1. The zero-order valence-electron chi connectivity index (χ0n) is 25.6. The molecule has 0 bridgehead atoms. The van der Waals surface area contributed by atoms with Crippen molar-refractivity contribution in [1.29, 1.82) is 0 Å². The Morgan fingerprint density at radius 2 is 1.53 bits per heavy atom. The van der Waals surface area contributed by atoms with E-state index in [1.807, 2.05) is 0 Å². The first-order valence-corrected chi connectivity index (χ1v) is 16.8. The maximum atomic E-state index is 6.18. The third-order valence-corrected chi connectivity index (χ3v) is 9.59. The van der Waals surface area contributed by atoms with Crippen LogP contribution >= 0.6 is 12.0 Å². The second-order valence-corrected chi connectivity index (χ2v) is 12.8. The second-order valence-electron chi connectivity index (χ2n) is 11.9. The number of aromatic nitrogens is 1. The van der Waals surface area contributed by atoms with Crippen molar-refractivity contribution in [3.05, 3.63) is 168 Å². The van der Waals surface area contributed by atoms with Crippen LogP contribution in [0.15, 0.2) is 150 Å². The first kappa shape index (κ1) is 29.3. The van der Waals surface area contributed by atoms with Gasteiger partial charge >= 0.3 is 0 Å². The summed E-state index contributed by atoms with van der Waals surface area (Å²) in [5.74, 6) is 0. The summed E-state index contributed by atoms with van der Waals surface area (Å²) < 4.78 is 8.51. The Hall–Kier alpha value is -4.38. The highest BCUT2D eigenvalue weighted by Crippen LogP contribution is 2.39. The van der Waals surface area contributed by atoms with E-state index in [1.54, 1.807) is 12.0 Å². The Labute approximate surface area is 271 Å². The van der Waals surface area contributed by atoms with Gasteiger partial charge in [-0.15, -0.1) is 0 Å². The van der Waals surface area contributed by atoms with Crippen LogP contribution in [0.2, 0.25) is 0 Å². The van der Waals surface area contributed by atoms with Gasteiger partial charge in [-0.05, 0) is 53.8 Å². The number of fused-ring (bicyclic) bond motifs is 2. The number of hydrogen-bond acceptors (Lipinski definition) is 3. The molecule has 7 rings (SSSR count). The lowest BCUT2D eigenvalue weighted by atomic mass is 10.1. The van der Waals surface area contributed by atoms with Gasteiger partial charge in [0.15, 0.2) is 12.7 Å². The molecule has 1 fully saturated rings. The summed E-state index contributed by atoms with van der Waals surface area (Å²) in [6, 6.07) is 39.1. The number of rotatable bonds is 10. The van der Waals surface area contributed by atoms with Gasteiger partial charge in [-0.3, -0.25) is 0 Å². The minimum atomic E-state index is 0.390. The van der Waals surface area contributed by atoms with Crippen LogP contribution in [0.3, 0.4) is 0 Å². The SMILES string of the molecule is C(=C\C=C1/Cc2ccc(SOC3CCCC3)cc2N1Cc1ccccc1)/C=C/c1cc[n+](Cc2ccccc2)c2ccccc12.